The first-order valence-corrected chi connectivity index (χ1v) is 5.87. The van der Waals surface area contributed by atoms with Gasteiger partial charge in [-0.3, -0.25) is 0 Å². The van der Waals surface area contributed by atoms with Gasteiger partial charge in [-0.15, -0.1) is 0 Å². The fraction of sp³-hybridized carbons (Fsp3) is 0.538. The first-order valence-electron chi connectivity index (χ1n) is 5.87. The number of nitrogens with zero attached hydrogens (tertiary/aromatic N) is 1. The number of halogens is 2. The Hall–Kier alpha value is -1.00. The van der Waals surface area contributed by atoms with Crippen LogP contribution >= 0.6 is 0 Å². The van der Waals surface area contributed by atoms with Crippen molar-refractivity contribution in [2.24, 2.45) is 5.73 Å². The molecule has 0 heterocycles. The average Bonchev–Trinajstić information content (AvgIpc) is 2.21. The van der Waals surface area contributed by atoms with E-state index in [0.717, 1.165) is 25.5 Å². The molecule has 1 atom stereocenters. The molecule has 2 N–H and O–H groups in total. The van der Waals surface area contributed by atoms with Crippen molar-refractivity contribution in [3.63, 3.8) is 0 Å². The summed E-state index contributed by atoms with van der Waals surface area (Å²) in [6.07, 6.45) is 1.94. The van der Waals surface area contributed by atoms with E-state index in [-0.39, 0.29) is 6.04 Å². The second-order valence-electron chi connectivity index (χ2n) is 4.59. The molecule has 0 radical (unpaired) electrons. The summed E-state index contributed by atoms with van der Waals surface area (Å²) < 4.78 is 26.1. The standard InChI is InChI=1S/C13H20F2N2/c1-10(16)4-3-7-17(2)9-11-5-6-12(14)8-13(11)15/h5-6,8,10H,3-4,7,9,16H2,1-2H3. The third kappa shape index (κ3) is 5.24. The van der Waals surface area contributed by atoms with Crippen LogP contribution in [0.15, 0.2) is 18.2 Å². The molecule has 0 aliphatic heterocycles. The van der Waals surface area contributed by atoms with E-state index in [1.807, 2.05) is 18.9 Å². The molecule has 2 nitrogen and oxygen atoms in total. The van der Waals surface area contributed by atoms with Gasteiger partial charge in [0, 0.05) is 24.2 Å². The summed E-state index contributed by atoms with van der Waals surface area (Å²) in [5.41, 5.74) is 6.17. The SMILES string of the molecule is CC(N)CCCN(C)Cc1ccc(F)cc1F. The minimum Gasteiger partial charge on any atom is -0.328 e. The van der Waals surface area contributed by atoms with Crippen LogP contribution < -0.4 is 5.73 Å². The molecule has 1 aromatic rings. The van der Waals surface area contributed by atoms with Gasteiger partial charge in [-0.25, -0.2) is 8.78 Å². The Labute approximate surface area is 101 Å². The Balaban J connectivity index is 2.42. The van der Waals surface area contributed by atoms with E-state index in [4.69, 9.17) is 5.73 Å². The second-order valence-corrected chi connectivity index (χ2v) is 4.59. The van der Waals surface area contributed by atoms with Crippen LogP contribution in [0.2, 0.25) is 0 Å². The Kier molecular flexibility index (Phi) is 5.51. The Morgan fingerprint density at radius 1 is 1.35 bits per heavy atom. The summed E-state index contributed by atoms with van der Waals surface area (Å²) in [5.74, 6) is -1.02. The van der Waals surface area contributed by atoms with Crippen molar-refractivity contribution in [3.05, 3.63) is 35.4 Å². The molecule has 4 heteroatoms. The van der Waals surface area contributed by atoms with Crippen LogP contribution in [0.5, 0.6) is 0 Å². The molecule has 0 saturated heterocycles. The third-order valence-electron chi connectivity index (χ3n) is 2.65. The first-order chi connectivity index (χ1) is 7.99. The normalized spacial score (nSPS) is 13.1. The zero-order valence-electron chi connectivity index (χ0n) is 10.4. The minimum atomic E-state index is -0.536. The topological polar surface area (TPSA) is 29.3 Å². The van der Waals surface area contributed by atoms with Gasteiger partial charge in [0.15, 0.2) is 0 Å². The number of nitrogens with two attached hydrogens (primary N) is 1. The van der Waals surface area contributed by atoms with Gasteiger partial charge >= 0.3 is 0 Å². The lowest BCUT2D eigenvalue weighted by atomic mass is 10.1. The van der Waals surface area contributed by atoms with E-state index in [9.17, 15) is 8.78 Å². The van der Waals surface area contributed by atoms with Crippen LogP contribution in [0.3, 0.4) is 0 Å². The summed E-state index contributed by atoms with van der Waals surface area (Å²) in [4.78, 5) is 2.01. The molecule has 96 valence electrons. The molecular weight excluding hydrogens is 222 g/mol. The van der Waals surface area contributed by atoms with Crippen LogP contribution in [0.1, 0.15) is 25.3 Å². The maximum atomic E-state index is 13.4. The lowest BCUT2D eigenvalue weighted by Gasteiger charge is -2.17. The summed E-state index contributed by atoms with van der Waals surface area (Å²) in [7, 11) is 1.92. The predicted octanol–water partition coefficient (Wildman–Crippen LogP) is 2.52. The van der Waals surface area contributed by atoms with Crippen LogP contribution in [-0.4, -0.2) is 24.5 Å². The monoisotopic (exact) mass is 242 g/mol. The van der Waals surface area contributed by atoms with Crippen LogP contribution in [0.4, 0.5) is 8.78 Å². The Bertz CT molecular complexity index is 353. The van der Waals surface area contributed by atoms with Gasteiger partial charge in [0.2, 0.25) is 0 Å². The Morgan fingerprint density at radius 2 is 2.06 bits per heavy atom. The largest absolute Gasteiger partial charge is 0.328 e. The van der Waals surface area contributed by atoms with Gasteiger partial charge in [-0.1, -0.05) is 6.07 Å². The molecular formula is C13H20F2N2. The molecule has 0 fully saturated rings. The molecule has 0 aliphatic carbocycles. The van der Waals surface area contributed by atoms with Gasteiger partial charge in [-0.05, 0) is 39.4 Å². The summed E-state index contributed by atoms with van der Waals surface area (Å²) in [6.45, 7) is 3.32. The number of rotatable bonds is 6. The van der Waals surface area contributed by atoms with E-state index in [1.54, 1.807) is 0 Å². The summed E-state index contributed by atoms with van der Waals surface area (Å²) in [5, 5.41) is 0. The van der Waals surface area contributed by atoms with Crippen molar-refractivity contribution in [2.75, 3.05) is 13.6 Å². The highest BCUT2D eigenvalue weighted by Crippen LogP contribution is 2.11. The molecule has 1 aromatic carbocycles. The van der Waals surface area contributed by atoms with E-state index in [0.29, 0.717) is 12.1 Å². The maximum Gasteiger partial charge on any atom is 0.130 e. The van der Waals surface area contributed by atoms with Crippen LogP contribution in [0, 0.1) is 11.6 Å². The quantitative estimate of drug-likeness (QED) is 0.830. The fourth-order valence-corrected chi connectivity index (χ4v) is 1.70. The lowest BCUT2D eigenvalue weighted by Crippen LogP contribution is -2.22. The van der Waals surface area contributed by atoms with E-state index in [1.165, 1.54) is 12.1 Å². The fourth-order valence-electron chi connectivity index (χ4n) is 1.70. The third-order valence-corrected chi connectivity index (χ3v) is 2.65. The minimum absolute atomic E-state index is 0.200. The van der Waals surface area contributed by atoms with E-state index < -0.39 is 11.6 Å². The van der Waals surface area contributed by atoms with Crippen molar-refractivity contribution in [1.82, 2.24) is 4.90 Å². The van der Waals surface area contributed by atoms with Crippen molar-refractivity contribution < 1.29 is 8.78 Å². The zero-order valence-corrected chi connectivity index (χ0v) is 10.4. The van der Waals surface area contributed by atoms with E-state index in [2.05, 4.69) is 0 Å². The van der Waals surface area contributed by atoms with Crippen LogP contribution in [0.25, 0.3) is 0 Å². The molecule has 1 rings (SSSR count). The Morgan fingerprint density at radius 3 is 2.65 bits per heavy atom. The molecule has 0 amide bonds. The highest BCUT2D eigenvalue weighted by Gasteiger charge is 2.07. The smallest absolute Gasteiger partial charge is 0.130 e. The summed E-state index contributed by atoms with van der Waals surface area (Å²) >= 11 is 0. The predicted molar refractivity (Wildman–Crippen MR) is 65.6 cm³/mol. The molecule has 0 spiro atoms. The molecule has 1 unspecified atom stereocenters. The van der Waals surface area contributed by atoms with Crippen molar-refractivity contribution in [3.8, 4) is 0 Å². The highest BCUT2D eigenvalue weighted by molar-refractivity contribution is 5.18. The molecule has 0 bridgehead atoms. The number of benzene rings is 1. The van der Waals surface area contributed by atoms with Gasteiger partial charge in [0.05, 0.1) is 0 Å². The average molecular weight is 242 g/mol. The number of hydrogen-bond acceptors (Lipinski definition) is 2. The van der Waals surface area contributed by atoms with E-state index >= 15 is 0 Å². The van der Waals surface area contributed by atoms with Crippen molar-refractivity contribution in [1.29, 1.82) is 0 Å². The second kappa shape index (κ2) is 6.67. The molecule has 0 aliphatic rings. The number of hydrogen-bond donors (Lipinski definition) is 1. The lowest BCUT2D eigenvalue weighted by molar-refractivity contribution is 0.310. The highest BCUT2D eigenvalue weighted by atomic mass is 19.1. The van der Waals surface area contributed by atoms with Gasteiger partial charge < -0.3 is 10.6 Å². The first kappa shape index (κ1) is 14.1. The molecule has 0 aromatic heterocycles. The van der Waals surface area contributed by atoms with Crippen molar-refractivity contribution >= 4 is 0 Å². The van der Waals surface area contributed by atoms with Crippen molar-refractivity contribution in [2.45, 2.75) is 32.4 Å². The van der Waals surface area contributed by atoms with Gasteiger partial charge in [-0.2, -0.15) is 0 Å². The maximum absolute atomic E-state index is 13.4. The molecule has 0 saturated carbocycles. The zero-order chi connectivity index (χ0) is 12.8. The summed E-state index contributed by atoms with van der Waals surface area (Å²) in [6, 6.07) is 3.90. The van der Waals surface area contributed by atoms with Gasteiger partial charge in [0.25, 0.3) is 0 Å². The van der Waals surface area contributed by atoms with Gasteiger partial charge in [0.1, 0.15) is 11.6 Å². The van der Waals surface area contributed by atoms with Crippen LogP contribution in [-0.2, 0) is 6.54 Å². The molecule has 17 heavy (non-hydrogen) atoms.